The highest BCUT2D eigenvalue weighted by Crippen LogP contribution is 2.12. The number of carbonyl (C=O) groups is 2. The number of amides is 2. The van der Waals surface area contributed by atoms with Gasteiger partial charge < -0.3 is 16.0 Å². The molecule has 0 fully saturated rings. The quantitative estimate of drug-likeness (QED) is 0.716. The van der Waals surface area contributed by atoms with Gasteiger partial charge in [-0.1, -0.05) is 11.6 Å². The molecule has 0 saturated carbocycles. The van der Waals surface area contributed by atoms with Crippen LogP contribution in [0.4, 0.5) is 11.6 Å². The Balaban J connectivity index is 1.63. The van der Waals surface area contributed by atoms with E-state index in [2.05, 4.69) is 25.9 Å². The summed E-state index contributed by atoms with van der Waals surface area (Å²) in [6.45, 7) is 0.290. The smallest absolute Gasteiger partial charge is 0.243 e. The first kappa shape index (κ1) is 16.7. The first-order chi connectivity index (χ1) is 11.1. The van der Waals surface area contributed by atoms with Crippen molar-refractivity contribution in [3.05, 3.63) is 47.7 Å². The van der Waals surface area contributed by atoms with E-state index in [1.807, 2.05) is 0 Å². The average Bonchev–Trinajstić information content (AvgIpc) is 2.56. The summed E-state index contributed by atoms with van der Waals surface area (Å²) >= 11 is 5.76. The van der Waals surface area contributed by atoms with Crippen molar-refractivity contribution >= 4 is 35.1 Å². The van der Waals surface area contributed by atoms with E-state index in [1.54, 1.807) is 42.7 Å². The summed E-state index contributed by atoms with van der Waals surface area (Å²) in [6, 6.07) is 8.43. The van der Waals surface area contributed by atoms with Crippen molar-refractivity contribution in [1.29, 1.82) is 0 Å². The summed E-state index contributed by atoms with van der Waals surface area (Å²) in [4.78, 5) is 31.3. The third-order valence-electron chi connectivity index (χ3n) is 2.78. The SMILES string of the molecule is O=C(CCNc1ncccn1)NCC(=O)Nc1ccc(Cl)cc1. The normalized spacial score (nSPS) is 9.96. The van der Waals surface area contributed by atoms with E-state index in [4.69, 9.17) is 11.6 Å². The predicted octanol–water partition coefficient (Wildman–Crippen LogP) is 1.69. The maximum atomic E-state index is 11.7. The zero-order valence-electron chi connectivity index (χ0n) is 12.3. The van der Waals surface area contributed by atoms with Crippen LogP contribution in [0.3, 0.4) is 0 Å². The Bertz CT molecular complexity index is 649. The second-order valence-corrected chi connectivity index (χ2v) is 5.02. The van der Waals surface area contributed by atoms with Crippen LogP contribution >= 0.6 is 11.6 Å². The molecule has 0 radical (unpaired) electrons. The van der Waals surface area contributed by atoms with E-state index in [9.17, 15) is 9.59 Å². The van der Waals surface area contributed by atoms with Crippen LogP contribution in [0, 0.1) is 0 Å². The van der Waals surface area contributed by atoms with Gasteiger partial charge in [0.25, 0.3) is 0 Å². The third-order valence-corrected chi connectivity index (χ3v) is 3.03. The van der Waals surface area contributed by atoms with E-state index in [1.165, 1.54) is 0 Å². The van der Waals surface area contributed by atoms with Gasteiger partial charge in [-0.05, 0) is 30.3 Å². The van der Waals surface area contributed by atoms with Crippen molar-refractivity contribution in [2.24, 2.45) is 0 Å². The molecule has 7 nitrogen and oxygen atoms in total. The fraction of sp³-hybridized carbons (Fsp3) is 0.200. The highest BCUT2D eigenvalue weighted by Gasteiger charge is 2.06. The van der Waals surface area contributed by atoms with E-state index in [0.29, 0.717) is 23.2 Å². The van der Waals surface area contributed by atoms with E-state index in [-0.39, 0.29) is 24.8 Å². The molecule has 0 aliphatic carbocycles. The molecule has 0 aliphatic heterocycles. The molecule has 1 aromatic heterocycles. The lowest BCUT2D eigenvalue weighted by Crippen LogP contribution is -2.33. The molecule has 0 bridgehead atoms. The summed E-state index contributed by atoms with van der Waals surface area (Å²) in [6.07, 6.45) is 3.43. The van der Waals surface area contributed by atoms with Crippen molar-refractivity contribution in [1.82, 2.24) is 15.3 Å². The lowest BCUT2D eigenvalue weighted by molar-refractivity contribution is -0.124. The van der Waals surface area contributed by atoms with Gasteiger partial charge in [-0.2, -0.15) is 0 Å². The third kappa shape index (κ3) is 6.31. The standard InChI is InChI=1S/C15H16ClN5O2/c16-11-2-4-12(5-3-11)21-14(23)10-20-13(22)6-9-19-15-17-7-1-8-18-15/h1-5,7-8H,6,9-10H2,(H,20,22)(H,21,23)(H,17,18,19). The van der Waals surface area contributed by atoms with Gasteiger partial charge >= 0.3 is 0 Å². The highest BCUT2D eigenvalue weighted by atomic mass is 35.5. The van der Waals surface area contributed by atoms with Crippen LogP contribution in [0.25, 0.3) is 0 Å². The Hall–Kier alpha value is -2.67. The lowest BCUT2D eigenvalue weighted by Gasteiger charge is -2.07. The minimum Gasteiger partial charge on any atom is -0.354 e. The summed E-state index contributed by atoms with van der Waals surface area (Å²) < 4.78 is 0. The molecule has 120 valence electrons. The number of benzene rings is 1. The van der Waals surface area contributed by atoms with Gasteiger partial charge in [-0.3, -0.25) is 9.59 Å². The van der Waals surface area contributed by atoms with Crippen molar-refractivity contribution in [3.63, 3.8) is 0 Å². The Morgan fingerprint density at radius 2 is 1.74 bits per heavy atom. The van der Waals surface area contributed by atoms with Gasteiger partial charge in [0.2, 0.25) is 17.8 Å². The maximum absolute atomic E-state index is 11.7. The number of nitrogens with zero attached hydrogens (tertiary/aromatic N) is 2. The predicted molar refractivity (Wildman–Crippen MR) is 88.2 cm³/mol. The Labute approximate surface area is 138 Å². The molecule has 2 aromatic rings. The summed E-state index contributed by atoms with van der Waals surface area (Å²) in [5.74, 6) is -0.0829. The number of rotatable bonds is 7. The molecule has 2 rings (SSSR count). The minimum absolute atomic E-state index is 0.0940. The average molecular weight is 334 g/mol. The first-order valence-corrected chi connectivity index (χ1v) is 7.34. The second-order valence-electron chi connectivity index (χ2n) is 4.58. The largest absolute Gasteiger partial charge is 0.354 e. The topological polar surface area (TPSA) is 96.0 Å². The van der Waals surface area contributed by atoms with Crippen LogP contribution in [-0.4, -0.2) is 34.9 Å². The van der Waals surface area contributed by atoms with Gasteiger partial charge in [0.15, 0.2) is 0 Å². The molecule has 0 aliphatic rings. The molecular formula is C15H16ClN5O2. The molecule has 2 amide bonds. The molecule has 0 atom stereocenters. The van der Waals surface area contributed by atoms with E-state index >= 15 is 0 Å². The van der Waals surface area contributed by atoms with Gasteiger partial charge in [0, 0.05) is 36.1 Å². The molecule has 1 aromatic carbocycles. The number of carbonyl (C=O) groups excluding carboxylic acids is 2. The van der Waals surface area contributed by atoms with Crippen molar-refractivity contribution in [2.75, 3.05) is 23.7 Å². The van der Waals surface area contributed by atoms with Crippen LogP contribution in [0.5, 0.6) is 0 Å². The van der Waals surface area contributed by atoms with Crippen LogP contribution in [-0.2, 0) is 9.59 Å². The molecular weight excluding hydrogens is 318 g/mol. The number of hydrogen-bond acceptors (Lipinski definition) is 5. The van der Waals surface area contributed by atoms with Crippen LogP contribution < -0.4 is 16.0 Å². The van der Waals surface area contributed by atoms with Crippen molar-refractivity contribution in [2.45, 2.75) is 6.42 Å². The number of anilines is 2. The van der Waals surface area contributed by atoms with Crippen LogP contribution in [0.1, 0.15) is 6.42 Å². The Kier molecular flexibility index (Phi) is 6.31. The fourth-order valence-electron chi connectivity index (χ4n) is 1.68. The minimum atomic E-state index is -0.306. The summed E-state index contributed by atoms with van der Waals surface area (Å²) in [7, 11) is 0. The molecule has 23 heavy (non-hydrogen) atoms. The van der Waals surface area contributed by atoms with Gasteiger partial charge in [0.05, 0.1) is 6.54 Å². The van der Waals surface area contributed by atoms with Gasteiger partial charge in [0.1, 0.15) is 0 Å². The van der Waals surface area contributed by atoms with E-state index in [0.717, 1.165) is 0 Å². The summed E-state index contributed by atoms with van der Waals surface area (Å²) in [5, 5.41) is 8.70. The zero-order chi connectivity index (χ0) is 16.5. The van der Waals surface area contributed by atoms with Gasteiger partial charge in [-0.25, -0.2) is 9.97 Å². The van der Waals surface area contributed by atoms with Crippen molar-refractivity contribution in [3.8, 4) is 0 Å². The molecule has 0 saturated heterocycles. The van der Waals surface area contributed by atoms with Crippen LogP contribution in [0.2, 0.25) is 5.02 Å². The number of nitrogens with one attached hydrogen (secondary N) is 3. The number of aromatic nitrogens is 2. The highest BCUT2D eigenvalue weighted by molar-refractivity contribution is 6.30. The number of halogens is 1. The Morgan fingerprint density at radius 3 is 2.43 bits per heavy atom. The molecule has 0 spiro atoms. The van der Waals surface area contributed by atoms with Gasteiger partial charge in [-0.15, -0.1) is 0 Å². The monoisotopic (exact) mass is 333 g/mol. The van der Waals surface area contributed by atoms with Crippen LogP contribution in [0.15, 0.2) is 42.7 Å². The molecule has 0 unspecified atom stereocenters. The molecule has 3 N–H and O–H groups in total. The molecule has 1 heterocycles. The Morgan fingerprint density at radius 1 is 1.04 bits per heavy atom. The zero-order valence-corrected chi connectivity index (χ0v) is 13.0. The molecule has 8 heteroatoms. The summed E-state index contributed by atoms with van der Waals surface area (Å²) in [5.41, 5.74) is 0.622. The van der Waals surface area contributed by atoms with Crippen molar-refractivity contribution < 1.29 is 9.59 Å². The second kappa shape index (κ2) is 8.70. The first-order valence-electron chi connectivity index (χ1n) is 6.96. The van der Waals surface area contributed by atoms with E-state index < -0.39 is 0 Å². The lowest BCUT2D eigenvalue weighted by atomic mass is 10.3. The number of hydrogen-bond donors (Lipinski definition) is 3. The fourth-order valence-corrected chi connectivity index (χ4v) is 1.81. The maximum Gasteiger partial charge on any atom is 0.243 e.